The van der Waals surface area contributed by atoms with Crippen LogP contribution in [-0.2, 0) is 16.6 Å². The van der Waals surface area contributed by atoms with E-state index >= 15 is 0 Å². The molecule has 0 saturated heterocycles. The first-order valence-corrected chi connectivity index (χ1v) is 11.4. The Morgan fingerprint density at radius 2 is 1.91 bits per heavy atom. The monoisotopic (exact) mass is 542 g/mol. The van der Waals surface area contributed by atoms with Crippen molar-refractivity contribution in [3.05, 3.63) is 82.7 Å². The predicted molar refractivity (Wildman–Crippen MR) is 126 cm³/mol. The molecular formula is C21H18BrClF2N4O2S. The van der Waals surface area contributed by atoms with Gasteiger partial charge in [0.1, 0.15) is 16.5 Å². The van der Waals surface area contributed by atoms with E-state index < -0.39 is 21.7 Å². The summed E-state index contributed by atoms with van der Waals surface area (Å²) in [6.45, 7) is 0.450. The summed E-state index contributed by atoms with van der Waals surface area (Å²) >= 11 is 2.95. The normalized spacial score (nSPS) is 11.4. The number of halogens is 4. The van der Waals surface area contributed by atoms with Crippen LogP contribution in [0, 0.1) is 11.6 Å². The number of hydrogen-bond acceptors (Lipinski definition) is 5. The van der Waals surface area contributed by atoms with Gasteiger partial charge in [0.25, 0.3) is 10.0 Å². The Morgan fingerprint density at radius 3 is 2.59 bits per heavy atom. The summed E-state index contributed by atoms with van der Waals surface area (Å²) in [5, 5.41) is 6.56. The average Bonchev–Trinajstić information content (AvgIpc) is 3.11. The topological polar surface area (TPSA) is 76.0 Å². The smallest absolute Gasteiger partial charge is 0.269 e. The van der Waals surface area contributed by atoms with Crippen molar-refractivity contribution in [2.24, 2.45) is 0 Å². The molecule has 2 aromatic heterocycles. The minimum absolute atomic E-state index is 0. The van der Waals surface area contributed by atoms with Crippen molar-refractivity contribution in [3.8, 4) is 0 Å². The number of rotatable bonds is 6. The van der Waals surface area contributed by atoms with E-state index in [2.05, 4.69) is 31.5 Å². The van der Waals surface area contributed by atoms with Crippen LogP contribution in [0.4, 0.5) is 20.2 Å². The van der Waals surface area contributed by atoms with Crippen LogP contribution in [0.5, 0.6) is 0 Å². The van der Waals surface area contributed by atoms with Crippen LogP contribution in [0.25, 0.3) is 10.9 Å². The number of pyridine rings is 1. The van der Waals surface area contributed by atoms with Gasteiger partial charge in [0.05, 0.1) is 15.7 Å². The van der Waals surface area contributed by atoms with Gasteiger partial charge in [0.2, 0.25) is 0 Å². The Balaban J connectivity index is 0.00000289. The number of nitrogens with one attached hydrogen (secondary N) is 2. The molecule has 2 aromatic carbocycles. The minimum atomic E-state index is -3.91. The number of nitrogens with zero attached hydrogens (tertiary/aromatic N) is 2. The van der Waals surface area contributed by atoms with Crippen LogP contribution in [0.1, 0.15) is 5.56 Å². The first-order chi connectivity index (χ1) is 14.8. The number of aromatic nitrogens is 2. The maximum absolute atomic E-state index is 14.2. The van der Waals surface area contributed by atoms with Gasteiger partial charge in [-0.1, -0.05) is 6.07 Å². The molecule has 0 aliphatic heterocycles. The lowest BCUT2D eigenvalue weighted by molar-refractivity contribution is 0.588. The third-order valence-corrected chi connectivity index (χ3v) is 6.97. The zero-order valence-electron chi connectivity index (χ0n) is 16.6. The fourth-order valence-corrected chi connectivity index (χ4v) is 4.92. The van der Waals surface area contributed by atoms with Crippen LogP contribution >= 0.6 is 28.3 Å². The lowest BCUT2D eigenvalue weighted by Gasteiger charge is -2.11. The standard InChI is InChI=1S/C21H17BrF2N4O2S.ClH/c1-25-10-13-12-28(31(29,30)15-3-2-6-26-11-15)21-7-14(4-5-16(13)21)27-20-9-18(23)17(22)8-19(20)24;/h2-9,11-12,25,27H,10H2,1H3;1H. The van der Waals surface area contributed by atoms with Gasteiger partial charge < -0.3 is 10.6 Å². The zero-order chi connectivity index (χ0) is 22.2. The molecule has 6 nitrogen and oxygen atoms in total. The predicted octanol–water partition coefficient (Wildman–Crippen LogP) is 5.20. The summed E-state index contributed by atoms with van der Waals surface area (Å²) in [5.74, 6) is -1.27. The highest BCUT2D eigenvalue weighted by Gasteiger charge is 2.22. The largest absolute Gasteiger partial charge is 0.353 e. The van der Waals surface area contributed by atoms with E-state index in [1.807, 2.05) is 0 Å². The third kappa shape index (κ3) is 4.49. The number of benzene rings is 2. The van der Waals surface area contributed by atoms with Gasteiger partial charge in [0, 0.05) is 42.3 Å². The number of anilines is 2. The molecule has 2 N–H and O–H groups in total. The van der Waals surface area contributed by atoms with E-state index in [0.29, 0.717) is 17.7 Å². The molecule has 32 heavy (non-hydrogen) atoms. The highest BCUT2D eigenvalue weighted by Crippen LogP contribution is 2.31. The van der Waals surface area contributed by atoms with E-state index in [0.717, 1.165) is 23.1 Å². The minimum Gasteiger partial charge on any atom is -0.353 e. The Bertz CT molecular complexity index is 1380. The quantitative estimate of drug-likeness (QED) is 0.327. The molecule has 2 heterocycles. The van der Waals surface area contributed by atoms with Crippen LogP contribution in [0.3, 0.4) is 0 Å². The van der Waals surface area contributed by atoms with Crippen LogP contribution in [0.15, 0.2) is 70.4 Å². The molecule has 0 saturated carbocycles. The van der Waals surface area contributed by atoms with E-state index in [-0.39, 0.29) is 27.5 Å². The first-order valence-electron chi connectivity index (χ1n) is 9.17. The Kier molecular flexibility index (Phi) is 7.19. The van der Waals surface area contributed by atoms with Gasteiger partial charge in [-0.15, -0.1) is 12.4 Å². The molecule has 4 aromatic rings. The second-order valence-electron chi connectivity index (χ2n) is 6.78. The van der Waals surface area contributed by atoms with Gasteiger partial charge in [-0.05, 0) is 58.9 Å². The highest BCUT2D eigenvalue weighted by molar-refractivity contribution is 9.10. The molecule has 0 fully saturated rings. The van der Waals surface area contributed by atoms with E-state index in [4.69, 9.17) is 0 Å². The van der Waals surface area contributed by atoms with Gasteiger partial charge in [-0.25, -0.2) is 21.2 Å². The molecule has 4 rings (SSSR count). The number of fused-ring (bicyclic) bond motifs is 1. The highest BCUT2D eigenvalue weighted by atomic mass is 79.9. The van der Waals surface area contributed by atoms with Crippen molar-refractivity contribution in [1.29, 1.82) is 0 Å². The van der Waals surface area contributed by atoms with Crippen molar-refractivity contribution >= 4 is 60.6 Å². The van der Waals surface area contributed by atoms with E-state index in [9.17, 15) is 17.2 Å². The van der Waals surface area contributed by atoms with Gasteiger partial charge in [0.15, 0.2) is 0 Å². The lowest BCUT2D eigenvalue weighted by Crippen LogP contribution is -2.12. The average molecular weight is 544 g/mol. The van der Waals surface area contributed by atoms with Crippen LogP contribution in [0.2, 0.25) is 0 Å². The van der Waals surface area contributed by atoms with E-state index in [1.54, 1.807) is 37.5 Å². The SMILES string of the molecule is CNCc1cn(S(=O)(=O)c2cccnc2)c2cc(Nc3cc(F)c(Br)cc3F)ccc12.Cl. The molecule has 11 heteroatoms. The Labute approximate surface area is 198 Å². The van der Waals surface area contributed by atoms with Crippen molar-refractivity contribution in [1.82, 2.24) is 14.3 Å². The molecule has 0 spiro atoms. The van der Waals surface area contributed by atoms with Gasteiger partial charge in [-0.3, -0.25) is 4.98 Å². The molecule has 0 bridgehead atoms. The first kappa shape index (κ1) is 24.1. The lowest BCUT2D eigenvalue weighted by atomic mass is 10.1. The Hall–Kier alpha value is -2.53. The van der Waals surface area contributed by atoms with Gasteiger partial charge >= 0.3 is 0 Å². The van der Waals surface area contributed by atoms with Gasteiger partial charge in [-0.2, -0.15) is 0 Å². The molecule has 168 valence electrons. The summed E-state index contributed by atoms with van der Waals surface area (Å²) in [7, 11) is -2.15. The Morgan fingerprint density at radius 1 is 1.12 bits per heavy atom. The fourth-order valence-electron chi connectivity index (χ4n) is 3.26. The summed E-state index contributed by atoms with van der Waals surface area (Å²) in [6, 6.07) is 10.1. The van der Waals surface area contributed by atoms with Crippen molar-refractivity contribution < 1.29 is 17.2 Å². The summed E-state index contributed by atoms with van der Waals surface area (Å²) in [4.78, 5) is 3.94. The number of hydrogen-bond donors (Lipinski definition) is 2. The van der Waals surface area contributed by atoms with Crippen LogP contribution in [-0.4, -0.2) is 24.4 Å². The van der Waals surface area contributed by atoms with E-state index in [1.165, 1.54) is 22.4 Å². The van der Waals surface area contributed by atoms with Crippen molar-refractivity contribution in [2.45, 2.75) is 11.4 Å². The maximum Gasteiger partial charge on any atom is 0.269 e. The molecule has 0 radical (unpaired) electrons. The van der Waals surface area contributed by atoms with Crippen molar-refractivity contribution in [3.63, 3.8) is 0 Å². The summed E-state index contributed by atoms with van der Waals surface area (Å²) < 4.78 is 55.8. The maximum atomic E-state index is 14.2. The fraction of sp³-hybridized carbons (Fsp3) is 0.0952. The molecule has 0 aliphatic carbocycles. The zero-order valence-corrected chi connectivity index (χ0v) is 19.9. The third-order valence-electron chi connectivity index (χ3n) is 4.70. The second kappa shape index (κ2) is 9.53. The summed E-state index contributed by atoms with van der Waals surface area (Å²) in [6.07, 6.45) is 4.32. The van der Waals surface area contributed by atoms with Crippen molar-refractivity contribution in [2.75, 3.05) is 12.4 Å². The molecular weight excluding hydrogens is 526 g/mol. The molecule has 0 unspecified atom stereocenters. The van der Waals surface area contributed by atoms with Crippen LogP contribution < -0.4 is 10.6 Å². The second-order valence-corrected chi connectivity index (χ2v) is 9.45. The molecule has 0 aliphatic rings. The molecule has 0 atom stereocenters. The summed E-state index contributed by atoms with van der Waals surface area (Å²) in [5.41, 5.74) is 1.52. The molecule has 0 amide bonds.